The quantitative estimate of drug-likeness (QED) is 0.435. The molecule has 86 valence electrons. The Labute approximate surface area is 132 Å². The predicted molar refractivity (Wildman–Crippen MR) is 39.3 cm³/mol. The molecule has 0 saturated heterocycles. The third-order valence-electron chi connectivity index (χ3n) is 1.14. The van der Waals surface area contributed by atoms with Crippen LogP contribution >= 0.6 is 0 Å². The van der Waals surface area contributed by atoms with Gasteiger partial charge in [0.15, 0.2) is 6.61 Å². The maximum atomic E-state index is 11.7. The van der Waals surface area contributed by atoms with E-state index in [0.717, 1.165) is 0 Å². The minimum atomic E-state index is -4.73. The van der Waals surface area contributed by atoms with Crippen molar-refractivity contribution in [2.24, 2.45) is 0 Å². The van der Waals surface area contributed by atoms with E-state index >= 15 is 0 Å². The SMILES string of the molecule is Cc1nnc(S(=O)(=O)OCC(F)(F)F)[n-]1.[K+]. The molecule has 11 heteroatoms. The van der Waals surface area contributed by atoms with Crippen LogP contribution in [0.1, 0.15) is 5.82 Å². The summed E-state index contributed by atoms with van der Waals surface area (Å²) in [4.78, 5) is 3.28. The van der Waals surface area contributed by atoms with Gasteiger partial charge in [-0.15, -0.1) is 0 Å². The molecule has 0 fully saturated rings. The van der Waals surface area contributed by atoms with E-state index in [1.165, 1.54) is 6.92 Å². The van der Waals surface area contributed by atoms with Gasteiger partial charge >= 0.3 is 67.7 Å². The van der Waals surface area contributed by atoms with E-state index < -0.39 is 28.1 Å². The Morgan fingerprint density at radius 3 is 2.31 bits per heavy atom. The number of aryl methyl sites for hydroxylation is 1. The first kappa shape index (κ1) is 16.5. The number of rotatable bonds is 3. The first-order chi connectivity index (χ1) is 6.71. The zero-order valence-corrected chi connectivity index (χ0v) is 12.3. The Morgan fingerprint density at radius 1 is 1.38 bits per heavy atom. The van der Waals surface area contributed by atoms with Crippen molar-refractivity contribution in [2.75, 3.05) is 6.61 Å². The molecule has 0 aliphatic carbocycles. The van der Waals surface area contributed by atoms with E-state index in [0.29, 0.717) is 0 Å². The van der Waals surface area contributed by atoms with Crippen LogP contribution in [0.25, 0.3) is 0 Å². The van der Waals surface area contributed by atoms with Gasteiger partial charge in [-0.1, -0.05) is 0 Å². The van der Waals surface area contributed by atoms with Crippen molar-refractivity contribution >= 4 is 10.1 Å². The van der Waals surface area contributed by atoms with E-state index in [9.17, 15) is 21.6 Å². The number of aromatic nitrogens is 3. The summed E-state index contributed by atoms with van der Waals surface area (Å²) < 4.78 is 60.7. The smallest absolute Gasteiger partial charge is 0.353 e. The Kier molecular flexibility index (Phi) is 6.06. The molecule has 0 unspecified atom stereocenters. The van der Waals surface area contributed by atoms with Crippen LogP contribution in [0.15, 0.2) is 5.16 Å². The van der Waals surface area contributed by atoms with E-state index in [-0.39, 0.29) is 57.2 Å². The Bertz CT molecular complexity index is 443. The molecule has 0 amide bonds. The van der Waals surface area contributed by atoms with Gasteiger partial charge in [-0.2, -0.15) is 21.6 Å². The summed E-state index contributed by atoms with van der Waals surface area (Å²) in [5, 5.41) is 5.40. The van der Waals surface area contributed by atoms with Crippen LogP contribution in [0.4, 0.5) is 13.2 Å². The van der Waals surface area contributed by atoms with Gasteiger partial charge < -0.3 is 15.2 Å². The van der Waals surface area contributed by atoms with Crippen molar-refractivity contribution < 1.29 is 77.2 Å². The molecule has 0 N–H and O–H groups in total. The molecular weight excluding hydrogens is 278 g/mol. The standard InChI is InChI=1S/C5H5F3N3O3S.K/c1-3-9-4(11-10-3)15(12,13)14-2-5(6,7)8;/h2H2,1H3;/q-1;+1. The van der Waals surface area contributed by atoms with Crippen molar-refractivity contribution in [3.8, 4) is 0 Å². The summed E-state index contributed by atoms with van der Waals surface area (Å²) in [5.74, 6) is 0.0317. The molecule has 0 bridgehead atoms. The third-order valence-corrected chi connectivity index (χ3v) is 2.19. The summed E-state index contributed by atoms with van der Waals surface area (Å²) in [6.45, 7) is -0.571. The number of nitrogens with zero attached hydrogens (tertiary/aromatic N) is 3. The second-order valence-corrected chi connectivity index (χ2v) is 3.98. The fourth-order valence-electron chi connectivity index (χ4n) is 0.601. The van der Waals surface area contributed by atoms with Crippen LogP contribution < -0.4 is 56.4 Å². The summed E-state index contributed by atoms with van der Waals surface area (Å²) in [7, 11) is -4.58. The summed E-state index contributed by atoms with van der Waals surface area (Å²) in [5.41, 5.74) is 0. The zero-order valence-electron chi connectivity index (χ0n) is 8.32. The number of hydrogen-bond acceptors (Lipinski definition) is 5. The van der Waals surface area contributed by atoms with Crippen molar-refractivity contribution in [2.45, 2.75) is 18.3 Å². The van der Waals surface area contributed by atoms with Gasteiger partial charge in [-0.25, -0.2) is 0 Å². The molecule has 6 nitrogen and oxygen atoms in total. The number of halogens is 3. The second-order valence-electron chi connectivity index (χ2n) is 2.47. The van der Waals surface area contributed by atoms with Gasteiger partial charge in [0.2, 0.25) is 0 Å². The van der Waals surface area contributed by atoms with Crippen molar-refractivity contribution in [3.63, 3.8) is 0 Å². The average molecular weight is 283 g/mol. The molecule has 1 aromatic heterocycles. The maximum Gasteiger partial charge on any atom is 1.00 e. The molecule has 0 spiro atoms. The molecule has 0 aliphatic heterocycles. The molecule has 0 saturated carbocycles. The van der Waals surface area contributed by atoms with Crippen molar-refractivity contribution in [3.05, 3.63) is 5.82 Å². The van der Waals surface area contributed by atoms with Crippen LogP contribution in [0.3, 0.4) is 0 Å². The Morgan fingerprint density at radius 2 is 1.94 bits per heavy atom. The molecule has 0 radical (unpaired) electrons. The van der Waals surface area contributed by atoms with E-state index in [1.807, 2.05) is 0 Å². The molecular formula is C5H5F3KN3O3S. The maximum absolute atomic E-state index is 11.7. The van der Waals surface area contributed by atoms with Crippen LogP contribution in [-0.4, -0.2) is 31.4 Å². The fraction of sp³-hybridized carbons (Fsp3) is 0.600. The summed E-state index contributed by atoms with van der Waals surface area (Å²) >= 11 is 0. The molecule has 0 aromatic carbocycles. The minimum absolute atomic E-state index is 0. The zero-order chi connectivity index (χ0) is 11.7. The molecule has 0 aliphatic rings. The van der Waals surface area contributed by atoms with Gasteiger partial charge in [0.05, 0.1) is 0 Å². The monoisotopic (exact) mass is 283 g/mol. The van der Waals surface area contributed by atoms with Crippen molar-refractivity contribution in [1.29, 1.82) is 0 Å². The molecule has 16 heavy (non-hydrogen) atoms. The molecule has 1 aromatic rings. The first-order valence-electron chi connectivity index (χ1n) is 3.51. The number of alkyl halides is 3. The van der Waals surface area contributed by atoms with Crippen LogP contribution in [-0.2, 0) is 14.3 Å². The summed E-state index contributed by atoms with van der Waals surface area (Å²) in [6, 6.07) is 0. The van der Waals surface area contributed by atoms with Crippen LogP contribution in [0.2, 0.25) is 0 Å². The fourth-order valence-corrected chi connectivity index (χ4v) is 1.38. The summed E-state index contributed by atoms with van der Waals surface area (Å²) in [6.07, 6.45) is -4.73. The normalized spacial score (nSPS) is 12.2. The van der Waals surface area contributed by atoms with Gasteiger partial charge in [0.25, 0.3) is 0 Å². The van der Waals surface area contributed by atoms with Crippen molar-refractivity contribution in [1.82, 2.24) is 15.2 Å². The minimum Gasteiger partial charge on any atom is -0.353 e. The van der Waals surface area contributed by atoms with Gasteiger partial charge in [0, 0.05) is 0 Å². The first-order valence-corrected chi connectivity index (χ1v) is 4.92. The predicted octanol–water partition coefficient (Wildman–Crippen LogP) is -2.99. The van der Waals surface area contributed by atoms with Gasteiger partial charge in [-0.05, 0) is 12.7 Å². The molecule has 0 atom stereocenters. The third kappa shape index (κ3) is 5.20. The topological polar surface area (TPSA) is 83.2 Å². The van der Waals surface area contributed by atoms with Gasteiger partial charge in [-0.3, -0.25) is 4.18 Å². The van der Waals surface area contributed by atoms with Crippen LogP contribution in [0, 0.1) is 6.92 Å². The van der Waals surface area contributed by atoms with Crippen LogP contribution in [0.5, 0.6) is 0 Å². The molecule has 1 heterocycles. The number of hydrogen-bond donors (Lipinski definition) is 0. The van der Waals surface area contributed by atoms with E-state index in [1.54, 1.807) is 0 Å². The van der Waals surface area contributed by atoms with E-state index in [4.69, 9.17) is 0 Å². The Hall–Kier alpha value is 0.476. The van der Waals surface area contributed by atoms with Gasteiger partial charge in [0.1, 0.15) is 5.16 Å². The average Bonchev–Trinajstić information content (AvgIpc) is 2.48. The molecule has 1 rings (SSSR count). The second kappa shape index (κ2) is 5.88. The largest absolute Gasteiger partial charge is 1.00 e. The van der Waals surface area contributed by atoms with E-state index in [2.05, 4.69) is 19.4 Å². The Balaban J connectivity index is 0.00000225.